The van der Waals surface area contributed by atoms with Crippen molar-refractivity contribution in [3.05, 3.63) is 70.1 Å². The Morgan fingerprint density at radius 3 is 2.40 bits per heavy atom. The molecule has 2 aromatic carbocycles. The van der Waals surface area contributed by atoms with E-state index in [0.29, 0.717) is 28.4 Å². The number of carbonyl (C=O) groups excluding carboxylic acids is 3. The highest BCUT2D eigenvalue weighted by atomic mass is 16.5. The minimum atomic E-state index is -1.06. The molecule has 0 fully saturated rings. The minimum absolute atomic E-state index is 0.0705. The molecule has 1 heterocycles. The molecule has 3 aromatic rings. The monoisotopic (exact) mass is 407 g/mol. The lowest BCUT2D eigenvalue weighted by molar-refractivity contribution is -0.116. The van der Waals surface area contributed by atoms with E-state index in [9.17, 15) is 19.2 Å². The van der Waals surface area contributed by atoms with Crippen LogP contribution in [0.25, 0.3) is 10.8 Å². The zero-order valence-corrected chi connectivity index (χ0v) is 16.6. The number of benzene rings is 2. The van der Waals surface area contributed by atoms with Gasteiger partial charge in [-0.05, 0) is 43.7 Å². The highest BCUT2D eigenvalue weighted by molar-refractivity contribution is 6.05. The number of hydrogen-bond donors (Lipinski definition) is 2. The van der Waals surface area contributed by atoms with Gasteiger partial charge in [0, 0.05) is 23.1 Å². The van der Waals surface area contributed by atoms with Gasteiger partial charge in [-0.1, -0.05) is 25.1 Å². The summed E-state index contributed by atoms with van der Waals surface area (Å²) in [4.78, 5) is 48.7. The molecule has 8 nitrogen and oxygen atoms in total. The summed E-state index contributed by atoms with van der Waals surface area (Å²) in [5.74, 6) is -1.31. The first-order valence-corrected chi connectivity index (χ1v) is 9.53. The van der Waals surface area contributed by atoms with Crippen LogP contribution in [0.2, 0.25) is 0 Å². The van der Waals surface area contributed by atoms with Crippen molar-refractivity contribution in [3.8, 4) is 0 Å². The van der Waals surface area contributed by atoms with Gasteiger partial charge in [-0.2, -0.15) is 5.10 Å². The van der Waals surface area contributed by atoms with Gasteiger partial charge >= 0.3 is 5.97 Å². The van der Waals surface area contributed by atoms with Gasteiger partial charge in [0.05, 0.1) is 5.39 Å². The molecule has 3 rings (SSSR count). The maximum atomic E-state index is 12.6. The Balaban J connectivity index is 1.71. The number of aromatic amines is 1. The highest BCUT2D eigenvalue weighted by Gasteiger charge is 2.23. The molecule has 0 radical (unpaired) electrons. The van der Waals surface area contributed by atoms with Gasteiger partial charge in [0.2, 0.25) is 11.7 Å². The molecule has 1 atom stereocenters. The van der Waals surface area contributed by atoms with Gasteiger partial charge < -0.3 is 10.1 Å². The lowest BCUT2D eigenvalue weighted by Gasteiger charge is -2.13. The second-order valence-electron chi connectivity index (χ2n) is 6.73. The molecule has 0 unspecified atom stereocenters. The first kappa shape index (κ1) is 20.9. The van der Waals surface area contributed by atoms with Crippen molar-refractivity contribution in [2.75, 3.05) is 5.32 Å². The first-order valence-electron chi connectivity index (χ1n) is 9.53. The topological polar surface area (TPSA) is 118 Å². The number of aromatic nitrogens is 2. The standard InChI is InChI=1S/C22H21N3O5/c1-3-6-18(26)23-15-11-9-14(10-12-15)20(27)13(2)30-22(29)19-16-7-4-5-8-17(16)21(28)25-24-19/h4-5,7-13H,3,6H2,1-2H3,(H,23,26)(H,25,28)/t13-/m0/s1. The van der Waals surface area contributed by atoms with Gasteiger partial charge in [-0.3, -0.25) is 14.4 Å². The van der Waals surface area contributed by atoms with E-state index in [2.05, 4.69) is 15.5 Å². The van der Waals surface area contributed by atoms with Crippen LogP contribution in [0.4, 0.5) is 5.69 Å². The fourth-order valence-corrected chi connectivity index (χ4v) is 2.94. The second kappa shape index (κ2) is 9.13. The smallest absolute Gasteiger partial charge is 0.360 e. The lowest BCUT2D eigenvalue weighted by atomic mass is 10.1. The predicted molar refractivity (Wildman–Crippen MR) is 112 cm³/mol. The molecular formula is C22H21N3O5. The molecule has 0 saturated heterocycles. The van der Waals surface area contributed by atoms with E-state index in [0.717, 1.165) is 6.42 Å². The summed E-state index contributed by atoms with van der Waals surface area (Å²) in [6, 6.07) is 12.9. The maximum Gasteiger partial charge on any atom is 0.360 e. The fraction of sp³-hybridized carbons (Fsp3) is 0.227. The molecule has 0 saturated carbocycles. The van der Waals surface area contributed by atoms with Crippen LogP contribution in [0.15, 0.2) is 53.3 Å². The van der Waals surface area contributed by atoms with Gasteiger partial charge in [0.15, 0.2) is 11.8 Å². The SMILES string of the molecule is CCCC(=O)Nc1ccc(C(=O)[C@H](C)OC(=O)c2n[nH]c(=O)c3ccccc23)cc1. The second-order valence-corrected chi connectivity index (χ2v) is 6.73. The molecule has 30 heavy (non-hydrogen) atoms. The predicted octanol–water partition coefficient (Wildman–Crippen LogP) is 3.09. The van der Waals surface area contributed by atoms with Gasteiger partial charge in [0.1, 0.15) is 0 Å². The third-order valence-electron chi connectivity index (χ3n) is 4.47. The van der Waals surface area contributed by atoms with Crippen molar-refractivity contribution in [3.63, 3.8) is 0 Å². The summed E-state index contributed by atoms with van der Waals surface area (Å²) in [5, 5.41) is 9.44. The Morgan fingerprint density at radius 1 is 1.07 bits per heavy atom. The molecule has 0 aliphatic heterocycles. The Bertz CT molecular complexity index is 1150. The summed E-state index contributed by atoms with van der Waals surface area (Å²) in [7, 11) is 0. The van der Waals surface area contributed by atoms with Crippen molar-refractivity contribution in [2.24, 2.45) is 0 Å². The molecule has 0 aliphatic carbocycles. The van der Waals surface area contributed by atoms with Crippen molar-refractivity contribution < 1.29 is 19.1 Å². The number of amides is 1. The highest BCUT2D eigenvalue weighted by Crippen LogP contribution is 2.16. The van der Waals surface area contributed by atoms with E-state index in [1.807, 2.05) is 6.92 Å². The van der Waals surface area contributed by atoms with Crippen LogP contribution in [0.3, 0.4) is 0 Å². The molecule has 8 heteroatoms. The Kier molecular flexibility index (Phi) is 6.36. The van der Waals surface area contributed by atoms with Crippen molar-refractivity contribution >= 4 is 34.1 Å². The number of nitrogens with one attached hydrogen (secondary N) is 2. The van der Waals surface area contributed by atoms with E-state index in [-0.39, 0.29) is 11.6 Å². The largest absolute Gasteiger partial charge is 0.449 e. The Hall–Kier alpha value is -3.81. The number of Topliss-reactive ketones (excluding diaryl/α,β-unsaturated/α-hetero) is 1. The van der Waals surface area contributed by atoms with Crippen LogP contribution >= 0.6 is 0 Å². The summed E-state index contributed by atoms with van der Waals surface area (Å²) in [6.07, 6.45) is 0.0943. The van der Waals surface area contributed by atoms with E-state index in [1.165, 1.54) is 6.92 Å². The zero-order valence-electron chi connectivity index (χ0n) is 16.6. The van der Waals surface area contributed by atoms with E-state index in [1.54, 1.807) is 48.5 Å². The zero-order chi connectivity index (χ0) is 21.7. The van der Waals surface area contributed by atoms with E-state index in [4.69, 9.17) is 4.74 Å². The number of anilines is 1. The van der Waals surface area contributed by atoms with Crippen LogP contribution in [0.5, 0.6) is 0 Å². The third kappa shape index (κ3) is 4.60. The third-order valence-corrected chi connectivity index (χ3v) is 4.47. The summed E-state index contributed by atoms with van der Waals surface area (Å²) >= 11 is 0. The summed E-state index contributed by atoms with van der Waals surface area (Å²) in [6.45, 7) is 3.38. The maximum absolute atomic E-state index is 12.6. The van der Waals surface area contributed by atoms with Gasteiger partial charge in [-0.15, -0.1) is 0 Å². The normalized spacial score (nSPS) is 11.7. The summed E-state index contributed by atoms with van der Waals surface area (Å²) < 4.78 is 5.28. The minimum Gasteiger partial charge on any atom is -0.449 e. The fourth-order valence-electron chi connectivity index (χ4n) is 2.94. The summed E-state index contributed by atoms with van der Waals surface area (Å²) in [5.41, 5.74) is 0.429. The number of ether oxygens (including phenoxy) is 1. The number of carbonyl (C=O) groups is 3. The number of nitrogens with zero attached hydrogens (tertiary/aromatic N) is 1. The Morgan fingerprint density at radius 2 is 1.73 bits per heavy atom. The molecule has 2 N–H and O–H groups in total. The average Bonchev–Trinajstić information content (AvgIpc) is 2.74. The molecule has 0 bridgehead atoms. The average molecular weight is 407 g/mol. The van der Waals surface area contributed by atoms with Gasteiger partial charge in [-0.25, -0.2) is 9.89 Å². The van der Waals surface area contributed by atoms with Crippen LogP contribution < -0.4 is 10.9 Å². The number of rotatable bonds is 7. The van der Waals surface area contributed by atoms with Crippen LogP contribution in [-0.2, 0) is 9.53 Å². The quantitative estimate of drug-likeness (QED) is 0.459. The van der Waals surface area contributed by atoms with Crippen LogP contribution in [0, 0.1) is 0 Å². The van der Waals surface area contributed by atoms with Gasteiger partial charge in [0.25, 0.3) is 5.56 Å². The molecule has 154 valence electrons. The van der Waals surface area contributed by atoms with Crippen LogP contribution in [0.1, 0.15) is 47.5 Å². The number of hydrogen-bond acceptors (Lipinski definition) is 6. The number of fused-ring (bicyclic) bond motifs is 1. The molecule has 1 aromatic heterocycles. The number of H-pyrrole nitrogens is 1. The molecule has 0 spiro atoms. The molecular weight excluding hydrogens is 386 g/mol. The van der Waals surface area contributed by atoms with Crippen LogP contribution in [-0.4, -0.2) is 34.0 Å². The number of esters is 1. The van der Waals surface area contributed by atoms with Crippen molar-refractivity contribution in [1.82, 2.24) is 10.2 Å². The number of ketones is 1. The first-order chi connectivity index (χ1) is 14.4. The molecule has 1 amide bonds. The van der Waals surface area contributed by atoms with Crippen molar-refractivity contribution in [2.45, 2.75) is 32.8 Å². The molecule has 0 aliphatic rings. The lowest BCUT2D eigenvalue weighted by Crippen LogP contribution is -2.26. The van der Waals surface area contributed by atoms with Crippen molar-refractivity contribution in [1.29, 1.82) is 0 Å². The van der Waals surface area contributed by atoms with E-state index >= 15 is 0 Å². The van der Waals surface area contributed by atoms with E-state index < -0.39 is 23.4 Å². The Labute approximate surface area is 172 Å².